The maximum Gasteiger partial charge on any atom is 0.331 e. The molecule has 1 aliphatic rings. The third kappa shape index (κ3) is 4.06. The second kappa shape index (κ2) is 8.75. The van der Waals surface area contributed by atoms with Gasteiger partial charge in [0.15, 0.2) is 0 Å². The van der Waals surface area contributed by atoms with E-state index in [9.17, 15) is 18.8 Å². The van der Waals surface area contributed by atoms with Gasteiger partial charge in [-0.15, -0.1) is 0 Å². The molecule has 2 aromatic carbocycles. The van der Waals surface area contributed by atoms with Gasteiger partial charge in [0.1, 0.15) is 17.2 Å². The predicted molar refractivity (Wildman–Crippen MR) is 126 cm³/mol. The number of imide groups is 2. The number of rotatable bonds is 5. The van der Waals surface area contributed by atoms with E-state index in [0.29, 0.717) is 16.9 Å². The average Bonchev–Trinajstić information content (AvgIpc) is 3.44. The van der Waals surface area contributed by atoms with Crippen LogP contribution >= 0.6 is 15.9 Å². The van der Waals surface area contributed by atoms with E-state index >= 15 is 0 Å². The monoisotopic (exact) mass is 521 g/mol. The molecule has 3 heterocycles. The summed E-state index contributed by atoms with van der Waals surface area (Å²) in [5, 5.41) is 2.97. The largest absolute Gasteiger partial charge is 0.467 e. The van der Waals surface area contributed by atoms with Crippen molar-refractivity contribution in [3.63, 3.8) is 0 Å². The number of fused-ring (bicyclic) bond motifs is 1. The molecule has 5 rings (SSSR count). The Morgan fingerprint density at radius 3 is 2.62 bits per heavy atom. The number of hydrogen-bond acceptors (Lipinski definition) is 4. The number of urea groups is 1. The molecule has 2 aromatic heterocycles. The van der Waals surface area contributed by atoms with Crippen LogP contribution in [-0.4, -0.2) is 27.3 Å². The summed E-state index contributed by atoms with van der Waals surface area (Å²) in [6, 6.07) is 14.5. The first-order chi connectivity index (χ1) is 16.4. The molecule has 9 heteroatoms. The molecule has 0 unspecified atom stereocenters. The van der Waals surface area contributed by atoms with E-state index in [1.54, 1.807) is 36.5 Å². The summed E-state index contributed by atoms with van der Waals surface area (Å²) in [7, 11) is 0. The fourth-order valence-corrected chi connectivity index (χ4v) is 4.27. The second-order valence-corrected chi connectivity index (χ2v) is 8.67. The zero-order valence-electron chi connectivity index (χ0n) is 17.6. The molecule has 0 atom stereocenters. The van der Waals surface area contributed by atoms with E-state index < -0.39 is 17.8 Å². The lowest BCUT2D eigenvalue weighted by Crippen LogP contribution is -2.53. The number of nitrogens with one attached hydrogen (secondary N) is 1. The summed E-state index contributed by atoms with van der Waals surface area (Å²) in [4.78, 5) is 38.9. The number of halogens is 2. The van der Waals surface area contributed by atoms with Gasteiger partial charge in [-0.25, -0.2) is 9.18 Å². The molecular formula is C25H17BrFN3O4. The molecule has 0 aliphatic carbocycles. The highest BCUT2D eigenvalue weighted by Gasteiger charge is 2.36. The van der Waals surface area contributed by atoms with Crippen LogP contribution in [0.2, 0.25) is 0 Å². The zero-order valence-corrected chi connectivity index (χ0v) is 19.2. The molecule has 0 radical (unpaired) electrons. The number of carbonyl (C=O) groups excluding carboxylic acids is 3. The normalized spacial score (nSPS) is 15.4. The predicted octanol–water partition coefficient (Wildman–Crippen LogP) is 4.85. The number of furan rings is 1. The zero-order chi connectivity index (χ0) is 23.8. The van der Waals surface area contributed by atoms with Crippen molar-refractivity contribution in [2.45, 2.75) is 13.1 Å². The number of nitrogens with zero attached hydrogens (tertiary/aromatic N) is 2. The Kier molecular flexibility index (Phi) is 5.62. The van der Waals surface area contributed by atoms with Crippen LogP contribution in [0.1, 0.15) is 16.9 Å². The van der Waals surface area contributed by atoms with Crippen LogP contribution in [-0.2, 0) is 22.7 Å². The number of benzene rings is 2. The molecule has 34 heavy (non-hydrogen) atoms. The number of hydrogen-bond donors (Lipinski definition) is 1. The molecule has 1 aliphatic heterocycles. The number of barbiturate groups is 1. The maximum absolute atomic E-state index is 14.3. The number of carbonyl (C=O) groups is 3. The highest BCUT2D eigenvalue weighted by Crippen LogP contribution is 2.29. The van der Waals surface area contributed by atoms with Crippen molar-refractivity contribution in [2.24, 2.45) is 0 Å². The van der Waals surface area contributed by atoms with Gasteiger partial charge < -0.3 is 8.98 Å². The number of aromatic nitrogens is 1. The van der Waals surface area contributed by atoms with Crippen molar-refractivity contribution in [1.82, 2.24) is 14.8 Å². The van der Waals surface area contributed by atoms with E-state index in [1.807, 2.05) is 22.8 Å². The van der Waals surface area contributed by atoms with Crippen LogP contribution in [0.15, 0.2) is 81.5 Å². The van der Waals surface area contributed by atoms with E-state index in [1.165, 1.54) is 18.4 Å². The Labute approximate surface area is 201 Å². The van der Waals surface area contributed by atoms with Crippen LogP contribution in [0.5, 0.6) is 0 Å². The standard InChI is InChI=1S/C25H17BrFN3O4/c26-17-7-8-22-19(11-17)16(13-29(22)12-15-4-1-2-6-21(15)27)10-20-23(31)28-25(33)30(24(20)32)14-18-5-3-9-34-18/h1-11,13H,12,14H2,(H,28,31,33)/b20-10+. The van der Waals surface area contributed by atoms with E-state index in [4.69, 9.17) is 4.42 Å². The van der Waals surface area contributed by atoms with Gasteiger partial charge in [-0.05, 0) is 42.5 Å². The lowest BCUT2D eigenvalue weighted by molar-refractivity contribution is -0.130. The Hall–Kier alpha value is -3.98. The van der Waals surface area contributed by atoms with Crippen molar-refractivity contribution in [1.29, 1.82) is 0 Å². The van der Waals surface area contributed by atoms with Crippen molar-refractivity contribution in [3.05, 3.63) is 99.8 Å². The molecular weight excluding hydrogens is 505 g/mol. The molecule has 0 spiro atoms. The molecule has 7 nitrogen and oxygen atoms in total. The second-order valence-electron chi connectivity index (χ2n) is 7.75. The molecule has 1 N–H and O–H groups in total. The molecule has 0 saturated carbocycles. The first-order valence-electron chi connectivity index (χ1n) is 10.3. The van der Waals surface area contributed by atoms with Gasteiger partial charge in [0.2, 0.25) is 0 Å². The highest BCUT2D eigenvalue weighted by molar-refractivity contribution is 9.10. The van der Waals surface area contributed by atoms with Gasteiger partial charge in [0.05, 0.1) is 19.4 Å². The SMILES string of the molecule is O=C1NC(=O)N(Cc2ccco2)C(=O)/C1=C/c1cn(Cc2ccccc2F)c2ccc(Br)cc12. The number of amides is 4. The summed E-state index contributed by atoms with van der Waals surface area (Å²) in [5.41, 5.74) is 1.70. The van der Waals surface area contributed by atoms with Crippen molar-refractivity contribution in [2.75, 3.05) is 0 Å². The molecule has 0 bridgehead atoms. The summed E-state index contributed by atoms with van der Waals surface area (Å²) in [5.74, 6) is -1.43. The van der Waals surface area contributed by atoms with Crippen LogP contribution in [0.25, 0.3) is 17.0 Å². The summed E-state index contributed by atoms with van der Waals surface area (Å²) in [6.07, 6.45) is 4.64. The van der Waals surface area contributed by atoms with E-state index in [2.05, 4.69) is 21.2 Å². The van der Waals surface area contributed by atoms with Gasteiger partial charge in [0.25, 0.3) is 11.8 Å². The fraction of sp³-hybridized carbons (Fsp3) is 0.0800. The molecule has 4 amide bonds. The molecule has 1 fully saturated rings. The van der Waals surface area contributed by atoms with Crippen LogP contribution in [0.3, 0.4) is 0 Å². The third-order valence-electron chi connectivity index (χ3n) is 5.55. The maximum atomic E-state index is 14.3. The molecule has 4 aromatic rings. The first-order valence-corrected chi connectivity index (χ1v) is 11.1. The minimum absolute atomic E-state index is 0.108. The van der Waals surface area contributed by atoms with Crippen LogP contribution < -0.4 is 5.32 Å². The minimum Gasteiger partial charge on any atom is -0.467 e. The average molecular weight is 522 g/mol. The van der Waals surface area contributed by atoms with Crippen molar-refractivity contribution in [3.8, 4) is 0 Å². The van der Waals surface area contributed by atoms with Crippen molar-refractivity contribution >= 4 is 50.8 Å². The molecule has 170 valence electrons. The van der Waals surface area contributed by atoms with Gasteiger partial charge in [-0.1, -0.05) is 34.1 Å². The Bertz CT molecular complexity index is 1470. The smallest absolute Gasteiger partial charge is 0.331 e. The Morgan fingerprint density at radius 1 is 1.03 bits per heavy atom. The third-order valence-corrected chi connectivity index (χ3v) is 6.05. The van der Waals surface area contributed by atoms with Gasteiger partial charge in [0, 0.05) is 32.7 Å². The summed E-state index contributed by atoms with van der Waals surface area (Å²) < 4.78 is 22.2. The lowest BCUT2D eigenvalue weighted by atomic mass is 10.1. The van der Waals surface area contributed by atoms with Crippen LogP contribution in [0.4, 0.5) is 9.18 Å². The summed E-state index contributed by atoms with van der Waals surface area (Å²) >= 11 is 3.45. The Morgan fingerprint density at radius 2 is 1.85 bits per heavy atom. The molecule has 1 saturated heterocycles. The van der Waals surface area contributed by atoms with Gasteiger partial charge in [-0.2, -0.15) is 0 Å². The minimum atomic E-state index is -0.812. The fourth-order valence-electron chi connectivity index (χ4n) is 3.90. The van der Waals surface area contributed by atoms with Crippen LogP contribution in [0, 0.1) is 5.82 Å². The highest BCUT2D eigenvalue weighted by atomic mass is 79.9. The van der Waals surface area contributed by atoms with Gasteiger partial charge >= 0.3 is 6.03 Å². The van der Waals surface area contributed by atoms with E-state index in [0.717, 1.165) is 20.3 Å². The topological polar surface area (TPSA) is 84.6 Å². The summed E-state index contributed by atoms with van der Waals surface area (Å²) in [6.45, 7) is 0.153. The van der Waals surface area contributed by atoms with Gasteiger partial charge in [-0.3, -0.25) is 19.8 Å². The quantitative estimate of drug-likeness (QED) is 0.300. The van der Waals surface area contributed by atoms with E-state index in [-0.39, 0.29) is 24.5 Å². The Balaban J connectivity index is 1.56. The van der Waals surface area contributed by atoms with Crippen molar-refractivity contribution < 1.29 is 23.2 Å². The lowest BCUT2D eigenvalue weighted by Gasteiger charge is -2.25. The first kappa shape index (κ1) is 21.8.